The minimum atomic E-state index is -0.632. The first-order chi connectivity index (χ1) is 8.41. The van der Waals surface area contributed by atoms with Crippen molar-refractivity contribution in [1.29, 1.82) is 0 Å². The third kappa shape index (κ3) is 2.62. The number of nitrogens with zero attached hydrogens (tertiary/aromatic N) is 1. The molecule has 0 spiro atoms. The summed E-state index contributed by atoms with van der Waals surface area (Å²) in [6, 6.07) is 4.83. The number of rotatable bonds is 2. The average Bonchev–Trinajstić information content (AvgIpc) is 2.28. The molecule has 1 saturated heterocycles. The van der Waals surface area contributed by atoms with Crippen molar-refractivity contribution in [1.82, 2.24) is 0 Å². The van der Waals surface area contributed by atoms with Crippen molar-refractivity contribution in [2.24, 2.45) is 5.73 Å². The molecule has 0 atom stereocenters. The van der Waals surface area contributed by atoms with Gasteiger partial charge in [0.1, 0.15) is 10.8 Å². The first-order valence-corrected chi connectivity index (χ1v) is 6.37. The molecule has 0 amide bonds. The first-order valence-electron chi connectivity index (χ1n) is 5.96. The van der Waals surface area contributed by atoms with Crippen LogP contribution in [0.5, 0.6) is 0 Å². The van der Waals surface area contributed by atoms with Gasteiger partial charge in [-0.2, -0.15) is 0 Å². The summed E-state index contributed by atoms with van der Waals surface area (Å²) in [5.74, 6) is -0.391. The predicted molar refractivity (Wildman–Crippen MR) is 74.4 cm³/mol. The van der Waals surface area contributed by atoms with Gasteiger partial charge in [-0.05, 0) is 31.9 Å². The van der Waals surface area contributed by atoms with Crippen molar-refractivity contribution >= 4 is 22.9 Å². The molecule has 5 heteroatoms. The van der Waals surface area contributed by atoms with E-state index in [1.54, 1.807) is 6.07 Å². The molecule has 3 nitrogen and oxygen atoms in total. The van der Waals surface area contributed by atoms with E-state index in [1.807, 2.05) is 17.9 Å². The average molecular weight is 268 g/mol. The molecule has 98 valence electrons. The number of hydrogen-bond acceptors (Lipinski definition) is 3. The van der Waals surface area contributed by atoms with E-state index in [1.165, 1.54) is 6.07 Å². The van der Waals surface area contributed by atoms with Crippen molar-refractivity contribution in [3.63, 3.8) is 0 Å². The number of hydrogen-bond donors (Lipinski definition) is 2. The quantitative estimate of drug-likeness (QED) is 0.803. The lowest BCUT2D eigenvalue weighted by atomic mass is 9.93. The van der Waals surface area contributed by atoms with Gasteiger partial charge in [-0.1, -0.05) is 18.3 Å². The highest BCUT2D eigenvalue weighted by molar-refractivity contribution is 7.80. The van der Waals surface area contributed by atoms with Crippen LogP contribution in [0.3, 0.4) is 0 Å². The third-order valence-corrected chi connectivity index (χ3v) is 3.62. The highest BCUT2D eigenvalue weighted by Crippen LogP contribution is 2.29. The second kappa shape index (κ2) is 4.82. The van der Waals surface area contributed by atoms with Crippen LogP contribution < -0.4 is 10.6 Å². The first kappa shape index (κ1) is 13.2. The van der Waals surface area contributed by atoms with E-state index in [9.17, 15) is 9.50 Å². The van der Waals surface area contributed by atoms with Crippen molar-refractivity contribution in [2.75, 3.05) is 18.0 Å². The van der Waals surface area contributed by atoms with E-state index in [-0.39, 0.29) is 4.99 Å². The summed E-state index contributed by atoms with van der Waals surface area (Å²) >= 11 is 4.91. The van der Waals surface area contributed by atoms with Gasteiger partial charge in [-0.15, -0.1) is 0 Å². The molecule has 0 aromatic heterocycles. The predicted octanol–water partition coefficient (Wildman–Crippen LogP) is 1.81. The minimum absolute atomic E-state index is 0.0698. The van der Waals surface area contributed by atoms with Gasteiger partial charge in [0, 0.05) is 18.8 Å². The fourth-order valence-corrected chi connectivity index (χ4v) is 2.45. The van der Waals surface area contributed by atoms with Gasteiger partial charge in [0.15, 0.2) is 0 Å². The summed E-state index contributed by atoms with van der Waals surface area (Å²) in [5.41, 5.74) is 5.98. The second-order valence-corrected chi connectivity index (χ2v) is 5.42. The van der Waals surface area contributed by atoms with Crippen LogP contribution >= 0.6 is 12.2 Å². The lowest BCUT2D eigenvalue weighted by Crippen LogP contribution is -2.43. The Bertz CT molecular complexity index is 466. The highest BCUT2D eigenvalue weighted by Gasteiger charge is 2.29. The van der Waals surface area contributed by atoms with Gasteiger partial charge in [0.25, 0.3) is 0 Å². The van der Waals surface area contributed by atoms with Crippen molar-refractivity contribution in [3.8, 4) is 0 Å². The van der Waals surface area contributed by atoms with Gasteiger partial charge in [0.2, 0.25) is 0 Å². The zero-order valence-electron chi connectivity index (χ0n) is 10.3. The minimum Gasteiger partial charge on any atom is -0.390 e. The van der Waals surface area contributed by atoms with Crippen LogP contribution in [0, 0.1) is 5.82 Å². The van der Waals surface area contributed by atoms with E-state index in [2.05, 4.69) is 0 Å². The normalized spacial score (nSPS) is 18.7. The summed E-state index contributed by atoms with van der Waals surface area (Å²) in [6.07, 6.45) is 1.31. The Morgan fingerprint density at radius 1 is 1.44 bits per heavy atom. The number of piperidine rings is 1. The van der Waals surface area contributed by atoms with Crippen LogP contribution in [-0.4, -0.2) is 28.8 Å². The maximum Gasteiger partial charge on any atom is 0.135 e. The molecule has 1 heterocycles. The molecule has 1 fully saturated rings. The topological polar surface area (TPSA) is 49.5 Å². The van der Waals surface area contributed by atoms with Gasteiger partial charge >= 0.3 is 0 Å². The van der Waals surface area contributed by atoms with E-state index < -0.39 is 11.4 Å². The maximum absolute atomic E-state index is 13.8. The molecule has 0 saturated carbocycles. The Hall–Kier alpha value is -1.20. The molecule has 18 heavy (non-hydrogen) atoms. The molecule has 1 aliphatic rings. The van der Waals surface area contributed by atoms with E-state index in [0.29, 0.717) is 31.5 Å². The lowest BCUT2D eigenvalue weighted by Gasteiger charge is -2.37. The molecular formula is C13H17FN2OS. The summed E-state index contributed by atoms with van der Waals surface area (Å²) in [4.78, 5) is 2.09. The molecule has 1 aromatic carbocycles. The van der Waals surface area contributed by atoms with Crippen molar-refractivity contribution in [2.45, 2.75) is 25.4 Å². The standard InChI is InChI=1S/C13H17FN2OS/c1-13(17)5-7-16(8-6-13)10-4-2-3-9(14)11(10)12(15)18/h2-4,17H,5-8H2,1H3,(H2,15,18). The van der Waals surface area contributed by atoms with Crippen LogP contribution in [0.15, 0.2) is 18.2 Å². The monoisotopic (exact) mass is 268 g/mol. The molecule has 1 aliphatic heterocycles. The third-order valence-electron chi connectivity index (χ3n) is 3.42. The number of thiocarbonyl (C=S) groups is 1. The number of aliphatic hydroxyl groups is 1. The highest BCUT2D eigenvalue weighted by atomic mass is 32.1. The Balaban J connectivity index is 2.30. The Morgan fingerprint density at radius 3 is 2.61 bits per heavy atom. The van der Waals surface area contributed by atoms with Crippen molar-refractivity contribution < 1.29 is 9.50 Å². The SMILES string of the molecule is CC1(O)CCN(c2cccc(F)c2C(N)=S)CC1. The van der Waals surface area contributed by atoms with Gasteiger partial charge < -0.3 is 15.7 Å². The Morgan fingerprint density at radius 2 is 2.06 bits per heavy atom. The van der Waals surface area contributed by atoms with E-state index in [0.717, 1.165) is 5.69 Å². The largest absolute Gasteiger partial charge is 0.390 e. The lowest BCUT2D eigenvalue weighted by molar-refractivity contribution is 0.0351. The van der Waals surface area contributed by atoms with E-state index in [4.69, 9.17) is 18.0 Å². The molecule has 0 radical (unpaired) electrons. The summed E-state index contributed by atoms with van der Waals surface area (Å²) in [7, 11) is 0. The van der Waals surface area contributed by atoms with Crippen LogP contribution in [0.4, 0.5) is 10.1 Å². The zero-order valence-corrected chi connectivity index (χ0v) is 11.1. The van der Waals surface area contributed by atoms with Crippen LogP contribution in [0.1, 0.15) is 25.3 Å². The smallest absolute Gasteiger partial charge is 0.135 e. The Labute approximate surface area is 111 Å². The molecule has 3 N–H and O–H groups in total. The number of anilines is 1. The molecular weight excluding hydrogens is 251 g/mol. The summed E-state index contributed by atoms with van der Waals surface area (Å²) in [5, 5.41) is 9.92. The van der Waals surface area contributed by atoms with Gasteiger partial charge in [-0.3, -0.25) is 0 Å². The zero-order chi connectivity index (χ0) is 13.3. The second-order valence-electron chi connectivity index (χ2n) is 4.98. The molecule has 0 aliphatic carbocycles. The molecule has 0 bridgehead atoms. The van der Waals surface area contributed by atoms with Crippen LogP contribution in [-0.2, 0) is 0 Å². The number of halogens is 1. The maximum atomic E-state index is 13.8. The molecule has 0 unspecified atom stereocenters. The summed E-state index contributed by atoms with van der Waals surface area (Å²) in [6.45, 7) is 3.17. The van der Waals surface area contributed by atoms with Gasteiger partial charge in [0.05, 0.1) is 11.2 Å². The Kier molecular flexibility index (Phi) is 3.54. The van der Waals surface area contributed by atoms with Crippen LogP contribution in [0.2, 0.25) is 0 Å². The molecule has 2 rings (SSSR count). The van der Waals surface area contributed by atoms with Crippen molar-refractivity contribution in [3.05, 3.63) is 29.6 Å². The molecule has 1 aromatic rings. The number of benzene rings is 1. The van der Waals surface area contributed by atoms with E-state index >= 15 is 0 Å². The summed E-state index contributed by atoms with van der Waals surface area (Å²) < 4.78 is 13.8. The fourth-order valence-electron chi connectivity index (χ4n) is 2.25. The van der Waals surface area contributed by atoms with Crippen LogP contribution in [0.25, 0.3) is 0 Å². The number of nitrogens with two attached hydrogens (primary N) is 1. The fraction of sp³-hybridized carbons (Fsp3) is 0.462. The van der Waals surface area contributed by atoms with Gasteiger partial charge in [-0.25, -0.2) is 4.39 Å².